The van der Waals surface area contributed by atoms with Gasteiger partial charge in [0.2, 0.25) is 47.1 Å². The molecule has 32 heteroatoms. The van der Waals surface area contributed by atoms with Gasteiger partial charge in [-0.1, -0.05) is 121 Å². The third-order valence-electron chi connectivity index (χ3n) is 22.5. The molecule has 11 bridgehead atoms. The van der Waals surface area contributed by atoms with Gasteiger partial charge in [0.05, 0.1) is 90.0 Å². The predicted octanol–water partition coefficient (Wildman–Crippen LogP) is 14.7. The number of carbonyl (C=O) groups excluding carboxylic acids is 8. The Morgan fingerprint density at radius 1 is 0.529 bits per heavy atom. The number of amides is 8. The third-order valence-corrected chi connectivity index (χ3v) is 32.0. The molecule has 9 atom stereocenters. The summed E-state index contributed by atoms with van der Waals surface area (Å²) in [6.45, 7) is 27.7. The molecule has 121 heavy (non-hydrogen) atoms. The lowest BCUT2D eigenvalue weighted by atomic mass is 9.89. The van der Waals surface area contributed by atoms with Crippen LogP contribution in [0, 0.1) is 5.92 Å². The Labute approximate surface area is 718 Å². The molecule has 0 aliphatic carbocycles. The largest absolute Gasteiger partial charge is 0.497 e. The fourth-order valence-electron chi connectivity index (χ4n) is 13.9. The van der Waals surface area contributed by atoms with Crippen LogP contribution in [-0.4, -0.2) is 160 Å². The highest BCUT2D eigenvalue weighted by atomic mass is 35.5. The molecule has 5 aliphatic rings. The molecule has 0 radical (unpaired) electrons. The van der Waals surface area contributed by atoms with Crippen molar-refractivity contribution in [1.29, 1.82) is 0 Å². The van der Waals surface area contributed by atoms with E-state index in [9.17, 15) is 9.90 Å². The van der Waals surface area contributed by atoms with Crippen molar-refractivity contribution in [2.75, 3.05) is 56.3 Å². The third kappa shape index (κ3) is 21.3. The summed E-state index contributed by atoms with van der Waals surface area (Å²) in [5.74, 6) is -6.31. The van der Waals surface area contributed by atoms with E-state index in [1.807, 2.05) is 81.6 Å². The number of halogens is 2. The highest BCUT2D eigenvalue weighted by Gasteiger charge is 2.49. The molecule has 0 spiro atoms. The zero-order valence-corrected chi connectivity index (χ0v) is 76.0. The summed E-state index contributed by atoms with van der Waals surface area (Å²) in [6, 6.07) is 20.2. The van der Waals surface area contributed by atoms with Gasteiger partial charge < -0.3 is 93.8 Å². The van der Waals surface area contributed by atoms with Crippen molar-refractivity contribution in [3.8, 4) is 68.6 Å². The summed E-state index contributed by atoms with van der Waals surface area (Å²) in [6.07, 6.45) is -4.67. The van der Waals surface area contributed by atoms with Gasteiger partial charge in [-0.05, 0) is 187 Å². The number of hydrogen-bond acceptors (Lipinski definition) is 20. The van der Waals surface area contributed by atoms with Crippen molar-refractivity contribution in [2.45, 2.75) is 191 Å². The van der Waals surface area contributed by atoms with E-state index in [2.05, 4.69) is 37.2 Å². The van der Waals surface area contributed by atoms with Gasteiger partial charge in [0.1, 0.15) is 82.1 Å². The monoisotopic (exact) mass is 1740 g/mol. The minimum absolute atomic E-state index is 0.0419. The van der Waals surface area contributed by atoms with Gasteiger partial charge in [0, 0.05) is 24.2 Å². The van der Waals surface area contributed by atoms with Crippen molar-refractivity contribution < 1.29 is 94.9 Å². The number of methoxy groups -OCH3 is 6. The normalized spacial score (nSPS) is 19.4. The van der Waals surface area contributed by atoms with Crippen molar-refractivity contribution >= 4 is 87.3 Å². The molecule has 0 saturated heterocycles. The second-order valence-electron chi connectivity index (χ2n) is 34.6. The first-order chi connectivity index (χ1) is 56.8. The summed E-state index contributed by atoms with van der Waals surface area (Å²) < 4.78 is 69.5. The molecule has 8 amide bonds. The van der Waals surface area contributed by atoms with E-state index in [-0.39, 0.29) is 107 Å². The molecule has 0 saturated carbocycles. The number of aliphatic hydroxyl groups excluding tert-OH is 1. The van der Waals surface area contributed by atoms with Gasteiger partial charge in [-0.3, -0.25) is 38.5 Å². The smallest absolute Gasteiger partial charge is 0.410 e. The Kier molecular flexibility index (Phi) is 29.0. The molecule has 0 fully saturated rings. The summed E-state index contributed by atoms with van der Waals surface area (Å²) >= 11 is 15.0. The van der Waals surface area contributed by atoms with Crippen LogP contribution in [0.4, 0.5) is 4.79 Å². The van der Waals surface area contributed by atoms with E-state index in [1.165, 1.54) is 92.2 Å². The highest BCUT2D eigenvalue weighted by molar-refractivity contribution is 6.74. The topological polar surface area (TPSA) is 346 Å². The number of nitrogens with zero attached hydrogens (tertiary/aromatic N) is 1. The second-order valence-corrected chi connectivity index (χ2v) is 45.0. The highest BCUT2D eigenvalue weighted by Crippen LogP contribution is 2.51. The number of likely N-dealkylation sites (N-methyl/N-ethyl adjacent to an activating group) is 1. The Bertz CT molecular complexity index is 4970. The van der Waals surface area contributed by atoms with Gasteiger partial charge in [-0.15, -0.1) is 0 Å². The van der Waals surface area contributed by atoms with Crippen LogP contribution < -0.4 is 75.1 Å². The van der Waals surface area contributed by atoms with Crippen molar-refractivity contribution in [2.24, 2.45) is 5.92 Å². The van der Waals surface area contributed by atoms with Crippen LogP contribution in [0.3, 0.4) is 0 Å². The van der Waals surface area contributed by atoms with Crippen LogP contribution in [0.15, 0.2) is 127 Å². The number of fused-ring (bicyclic) bond motifs is 15. The molecule has 5 aliphatic heterocycles. The van der Waals surface area contributed by atoms with E-state index < -0.39 is 153 Å². The van der Waals surface area contributed by atoms with Crippen molar-refractivity contribution in [3.63, 3.8) is 0 Å². The molecule has 0 aromatic heterocycles. The van der Waals surface area contributed by atoms with E-state index in [0.29, 0.717) is 22.6 Å². The molecule has 28 nitrogen and oxygen atoms in total. The van der Waals surface area contributed by atoms with Crippen LogP contribution in [0.25, 0.3) is 11.1 Å². The summed E-state index contributed by atoms with van der Waals surface area (Å²) in [5, 5.41) is 31.0. The minimum Gasteiger partial charge on any atom is -0.497 e. The molecule has 12 rings (SSSR count). The second kappa shape index (κ2) is 37.8. The average molecular weight is 1740 g/mol. The maximum absolute atomic E-state index is 16.9. The maximum Gasteiger partial charge on any atom is 0.410 e. The minimum atomic E-state index is -3.21. The number of aliphatic hydroxyl groups is 1. The van der Waals surface area contributed by atoms with E-state index in [4.69, 9.17) is 74.7 Å². The van der Waals surface area contributed by atoms with Crippen LogP contribution in [0.1, 0.15) is 164 Å². The fraction of sp³-hybridized carbons (Fsp3) is 0.438. The quantitative estimate of drug-likeness (QED) is 0.0310. The average Bonchev–Trinajstić information content (AvgIpc) is 0.761. The van der Waals surface area contributed by atoms with E-state index in [0.717, 1.165) is 4.90 Å². The number of ether oxygens (including phenoxy) is 9. The summed E-state index contributed by atoms with van der Waals surface area (Å²) in [5.41, 5.74) is 1.22. The number of rotatable bonds is 21. The lowest BCUT2D eigenvalue weighted by Crippen LogP contribution is -2.61. The Morgan fingerprint density at radius 3 is 1.51 bits per heavy atom. The van der Waals surface area contributed by atoms with Gasteiger partial charge in [-0.2, -0.15) is 0 Å². The van der Waals surface area contributed by atoms with Crippen LogP contribution in [0.5, 0.6) is 57.5 Å². The van der Waals surface area contributed by atoms with Crippen LogP contribution in [0.2, 0.25) is 46.3 Å². The zero-order valence-electron chi connectivity index (χ0n) is 72.5. The standard InChI is InChI=1S/C89H112Cl2N8O20Si2/c1-47(2)37-63(99(12)86(108)117-87(3,4)5)81(103)97-75-77(118-120(19,20)88(6,7)8)51-28-35-65(59(90)39-51)115-68-41-53-42-69(79(68)114-18)116-66-36-29-52(40-60(66)91)78(119-121(21,22)89(9,10)11)76-85(107)93-62(46-100)57-43-56(111-15)44-67(113-17)71(57)58-38-50(27-34-64(58)112-16)73(82(104)98-76)96-83(105)74(53)95-80(102)61(92-84(75)106)45-70(101)94-72(48-23-30-54(109-13)31-24-48)49-25-32-55(110-14)33-26-49/h23-36,38-44,47,61-63,72-78,100H,37,45-46H2,1-22H3,(H,92,106)(H,93,107)(H,94,101)(H,95,102)(H,96,105)(H,97,103)(H,98,104)/t61-,62+,63+,73+,74+,75+,76-,77+,78+/m0/s1. The van der Waals surface area contributed by atoms with Gasteiger partial charge in [0.25, 0.3) is 0 Å². The number of benzene rings is 7. The Morgan fingerprint density at radius 2 is 1.02 bits per heavy atom. The molecule has 5 heterocycles. The number of hydrogen-bond donors (Lipinski definition) is 8. The van der Waals surface area contributed by atoms with Gasteiger partial charge in [0.15, 0.2) is 28.1 Å². The zero-order chi connectivity index (χ0) is 88.9. The van der Waals surface area contributed by atoms with Crippen LogP contribution in [-0.2, 0) is 47.2 Å². The maximum atomic E-state index is 16.9. The summed E-state index contributed by atoms with van der Waals surface area (Å²) in [4.78, 5) is 130. The first kappa shape index (κ1) is 92.7. The van der Waals surface area contributed by atoms with Crippen molar-refractivity contribution in [1.82, 2.24) is 42.1 Å². The Balaban J connectivity index is 1.27. The lowest BCUT2D eigenvalue weighted by Gasteiger charge is -2.42. The van der Waals surface area contributed by atoms with E-state index in [1.54, 1.807) is 106 Å². The molecule has 8 N–H and O–H groups in total. The molecule has 7 aromatic carbocycles. The predicted molar refractivity (Wildman–Crippen MR) is 463 cm³/mol. The lowest BCUT2D eigenvalue weighted by molar-refractivity contribution is -0.138. The van der Waals surface area contributed by atoms with E-state index >= 15 is 33.6 Å². The van der Waals surface area contributed by atoms with Crippen LogP contribution >= 0.6 is 23.2 Å². The van der Waals surface area contributed by atoms with Crippen molar-refractivity contribution in [3.05, 3.63) is 176 Å². The molecule has 650 valence electrons. The fourth-order valence-corrected chi connectivity index (χ4v) is 16.9. The molecular weight excluding hydrogens is 1630 g/mol. The molecular formula is C89H112Cl2N8O20Si2. The van der Waals surface area contributed by atoms with Gasteiger partial charge in [-0.25, -0.2) is 4.79 Å². The Hall–Kier alpha value is -10.6. The number of carbonyl (C=O) groups is 8. The first-order valence-electron chi connectivity index (χ1n) is 39.8. The molecule has 7 aromatic rings. The summed E-state index contributed by atoms with van der Waals surface area (Å²) in [7, 11) is 3.68. The SMILES string of the molecule is COc1ccc(C(NC(=O)C[C@@H]2NC(=O)[C@H](NC(=O)[C@@H](CC(C)C)N(C)C(=O)OC(C)(C)C)[C@H](O[Si](C)(C)C(C)(C)C)c3ccc(c(Cl)c3)Oc3cc4cc(c3OC)Oc3ccc(cc3Cl)[C@@H](O[Si](C)(C)C(C)(C)C)[C@@H]3NC(=O)[C@H](NC(=O)[C@@H]4NC2=O)c2ccc(OC)c(c2)-c2c(OC)cc(OC)cc2[C@@H](CO)NC3=O)c2ccc(OC)cc2)cc1. The number of nitrogens with one attached hydrogen (secondary N) is 7. The first-order valence-corrected chi connectivity index (χ1v) is 46.4. The van der Waals surface area contributed by atoms with Gasteiger partial charge >= 0.3 is 6.09 Å². The molecule has 0 unspecified atom stereocenters.